The lowest BCUT2D eigenvalue weighted by Crippen LogP contribution is -2.34. The molecule has 0 aromatic carbocycles. The summed E-state index contributed by atoms with van der Waals surface area (Å²) >= 11 is 0. The smallest absolute Gasteiger partial charge is 0.407 e. The third-order valence-electron chi connectivity index (χ3n) is 4.83. The molecule has 0 aliphatic heterocycles. The number of hydrogen-bond acceptors (Lipinski definition) is 6. The Balaban J connectivity index is 1.47. The van der Waals surface area contributed by atoms with Crippen molar-refractivity contribution >= 4 is 17.8 Å². The molecule has 0 unspecified atom stereocenters. The fourth-order valence-electron chi connectivity index (χ4n) is 3.34. The first kappa shape index (κ1) is 20.8. The van der Waals surface area contributed by atoms with Crippen molar-refractivity contribution in [2.45, 2.75) is 45.3 Å². The van der Waals surface area contributed by atoms with Gasteiger partial charge in [-0.2, -0.15) is 10.2 Å². The zero-order valence-electron chi connectivity index (χ0n) is 17.2. The van der Waals surface area contributed by atoms with Gasteiger partial charge in [-0.05, 0) is 38.7 Å². The van der Waals surface area contributed by atoms with Crippen molar-refractivity contribution in [3.8, 4) is 0 Å². The molecule has 3 N–H and O–H groups in total. The van der Waals surface area contributed by atoms with Gasteiger partial charge in [0.15, 0.2) is 5.82 Å². The number of ether oxygens (including phenoxy) is 2. The highest BCUT2D eigenvalue weighted by Crippen LogP contribution is 2.41. The highest BCUT2D eigenvalue weighted by atomic mass is 16.5. The fourth-order valence-corrected chi connectivity index (χ4v) is 3.34. The molecule has 10 heteroatoms. The van der Waals surface area contributed by atoms with Crippen molar-refractivity contribution in [1.82, 2.24) is 25.3 Å². The number of carbonyl (C=O) groups is 2. The van der Waals surface area contributed by atoms with Crippen molar-refractivity contribution < 1.29 is 19.1 Å². The molecule has 2 aromatic heterocycles. The zero-order valence-corrected chi connectivity index (χ0v) is 17.2. The second-order valence-corrected chi connectivity index (χ2v) is 7.67. The minimum atomic E-state index is -0.376. The van der Waals surface area contributed by atoms with E-state index in [9.17, 15) is 9.59 Å². The number of aryl methyl sites for hydroxylation is 1. The highest BCUT2D eigenvalue weighted by Gasteiger charge is 2.32. The Morgan fingerprint density at radius 3 is 2.79 bits per heavy atom. The third kappa shape index (κ3) is 5.35. The number of rotatable bonds is 8. The summed E-state index contributed by atoms with van der Waals surface area (Å²) < 4.78 is 11.8. The van der Waals surface area contributed by atoms with Gasteiger partial charge in [0, 0.05) is 37.9 Å². The van der Waals surface area contributed by atoms with E-state index in [1.165, 1.54) is 4.68 Å². The van der Waals surface area contributed by atoms with Gasteiger partial charge in [-0.1, -0.05) is 0 Å². The third-order valence-corrected chi connectivity index (χ3v) is 4.83. The molecule has 0 bridgehead atoms. The number of anilines is 1. The van der Waals surface area contributed by atoms with Crippen LogP contribution in [0.3, 0.4) is 0 Å². The molecule has 1 fully saturated rings. The maximum Gasteiger partial charge on any atom is 0.407 e. The summed E-state index contributed by atoms with van der Waals surface area (Å²) in [6.45, 7) is 4.54. The Morgan fingerprint density at radius 2 is 2.10 bits per heavy atom. The van der Waals surface area contributed by atoms with Crippen molar-refractivity contribution in [2.24, 2.45) is 13.0 Å². The first-order valence-electron chi connectivity index (χ1n) is 9.67. The molecule has 29 heavy (non-hydrogen) atoms. The number of alkyl carbamates (subject to hydrolysis) is 1. The minimum absolute atomic E-state index is 0.0631. The normalized spacial score (nSPS) is 18.4. The quantitative estimate of drug-likeness (QED) is 0.620. The van der Waals surface area contributed by atoms with E-state index in [1.807, 2.05) is 19.9 Å². The second kappa shape index (κ2) is 9.08. The van der Waals surface area contributed by atoms with Gasteiger partial charge in [-0.25, -0.2) is 4.79 Å². The molecular formula is C19H28N6O4. The summed E-state index contributed by atoms with van der Waals surface area (Å²) in [6, 6.07) is 3.60. The lowest BCUT2D eigenvalue weighted by Gasteiger charge is -2.34. The van der Waals surface area contributed by atoms with Crippen LogP contribution >= 0.6 is 0 Å². The Bertz CT molecular complexity index is 853. The van der Waals surface area contributed by atoms with Crippen LogP contribution in [0.2, 0.25) is 0 Å². The molecule has 3 rings (SSSR count). The van der Waals surface area contributed by atoms with E-state index in [0.717, 1.165) is 18.5 Å². The molecule has 1 aliphatic carbocycles. The largest absolute Gasteiger partial charge is 0.449 e. The van der Waals surface area contributed by atoms with Crippen LogP contribution in [0.25, 0.3) is 0 Å². The zero-order chi connectivity index (χ0) is 21.0. The van der Waals surface area contributed by atoms with E-state index in [0.29, 0.717) is 42.3 Å². The average molecular weight is 404 g/mol. The van der Waals surface area contributed by atoms with E-state index in [2.05, 4.69) is 25.9 Å². The van der Waals surface area contributed by atoms with Crippen molar-refractivity contribution in [3.05, 3.63) is 29.2 Å². The number of amides is 2. The molecule has 0 atom stereocenters. The lowest BCUT2D eigenvalue weighted by molar-refractivity contribution is 0.0924. The number of nitrogens with zero attached hydrogens (tertiary/aromatic N) is 3. The van der Waals surface area contributed by atoms with Crippen molar-refractivity contribution in [3.63, 3.8) is 0 Å². The SMILES string of the molecule is COCc1cc(C(=O)Nc2cc([C@H]3C[C@@H](COC(=O)NC(C)C)C3)[nH]n2)n(C)n1. The number of aromatic amines is 1. The summed E-state index contributed by atoms with van der Waals surface area (Å²) in [6.07, 6.45) is 1.44. The molecule has 2 heterocycles. The molecule has 0 radical (unpaired) electrons. The topological polar surface area (TPSA) is 123 Å². The van der Waals surface area contributed by atoms with E-state index in [4.69, 9.17) is 9.47 Å². The molecule has 2 amide bonds. The van der Waals surface area contributed by atoms with Gasteiger partial charge >= 0.3 is 6.09 Å². The van der Waals surface area contributed by atoms with E-state index >= 15 is 0 Å². The van der Waals surface area contributed by atoms with E-state index in [1.54, 1.807) is 20.2 Å². The van der Waals surface area contributed by atoms with Crippen LogP contribution in [0, 0.1) is 5.92 Å². The summed E-state index contributed by atoms with van der Waals surface area (Å²) in [5.74, 6) is 0.847. The Labute approximate surface area is 169 Å². The number of hydrogen-bond donors (Lipinski definition) is 3. The van der Waals surface area contributed by atoms with Gasteiger partial charge in [0.1, 0.15) is 5.69 Å². The van der Waals surface area contributed by atoms with Gasteiger partial charge in [0.2, 0.25) is 0 Å². The fraction of sp³-hybridized carbons (Fsp3) is 0.579. The molecule has 2 aromatic rings. The number of aromatic nitrogens is 4. The molecule has 10 nitrogen and oxygen atoms in total. The summed E-state index contributed by atoms with van der Waals surface area (Å²) in [7, 11) is 3.29. The number of nitrogens with one attached hydrogen (secondary N) is 3. The van der Waals surface area contributed by atoms with E-state index < -0.39 is 0 Å². The molecule has 158 valence electrons. The molecule has 1 saturated carbocycles. The molecule has 0 spiro atoms. The van der Waals surface area contributed by atoms with Crippen LogP contribution in [0.15, 0.2) is 12.1 Å². The Hall–Kier alpha value is -2.88. The first-order chi connectivity index (χ1) is 13.9. The lowest BCUT2D eigenvalue weighted by atomic mass is 9.74. The van der Waals surface area contributed by atoms with Crippen LogP contribution in [0.5, 0.6) is 0 Å². The van der Waals surface area contributed by atoms with Crippen molar-refractivity contribution in [1.29, 1.82) is 0 Å². The van der Waals surface area contributed by atoms with Crippen LogP contribution in [0.1, 0.15) is 54.5 Å². The maximum atomic E-state index is 12.5. The van der Waals surface area contributed by atoms with Crippen molar-refractivity contribution in [2.75, 3.05) is 19.0 Å². The summed E-state index contributed by atoms with van der Waals surface area (Å²) in [4.78, 5) is 24.0. The number of methoxy groups -OCH3 is 1. The van der Waals surface area contributed by atoms with E-state index in [-0.39, 0.29) is 18.0 Å². The average Bonchev–Trinajstić information content (AvgIpc) is 3.20. The maximum absolute atomic E-state index is 12.5. The Morgan fingerprint density at radius 1 is 1.34 bits per heavy atom. The van der Waals surface area contributed by atoms with Crippen LogP contribution in [-0.2, 0) is 23.1 Å². The second-order valence-electron chi connectivity index (χ2n) is 7.67. The first-order valence-corrected chi connectivity index (χ1v) is 9.67. The number of carbonyl (C=O) groups excluding carboxylic acids is 2. The standard InChI is InChI=1S/C19H28N6O4/c1-11(2)20-19(27)29-9-12-5-13(6-12)15-8-17(23-22-15)21-18(26)16-7-14(10-28-4)24-25(16)3/h7-8,11-13H,5-6,9-10H2,1-4H3,(H,20,27)(H2,21,22,23,26)/t12-,13+. The molecular weight excluding hydrogens is 376 g/mol. The molecule has 1 aliphatic rings. The van der Waals surface area contributed by atoms with Gasteiger partial charge < -0.3 is 20.1 Å². The minimum Gasteiger partial charge on any atom is -0.449 e. The summed E-state index contributed by atoms with van der Waals surface area (Å²) in [5.41, 5.74) is 2.09. The van der Waals surface area contributed by atoms with Gasteiger partial charge in [-0.15, -0.1) is 0 Å². The van der Waals surface area contributed by atoms with Crippen LogP contribution in [-0.4, -0.2) is 51.7 Å². The Kier molecular flexibility index (Phi) is 6.53. The highest BCUT2D eigenvalue weighted by molar-refractivity contribution is 6.02. The molecule has 0 saturated heterocycles. The van der Waals surface area contributed by atoms with Crippen LogP contribution in [0.4, 0.5) is 10.6 Å². The summed E-state index contributed by atoms with van der Waals surface area (Å²) in [5, 5.41) is 16.9. The van der Waals surface area contributed by atoms with Crippen LogP contribution < -0.4 is 10.6 Å². The number of H-pyrrole nitrogens is 1. The monoisotopic (exact) mass is 404 g/mol. The predicted octanol–water partition coefficient (Wildman–Crippen LogP) is 2.17. The predicted molar refractivity (Wildman–Crippen MR) is 106 cm³/mol. The van der Waals surface area contributed by atoms with Gasteiger partial charge in [-0.3, -0.25) is 14.6 Å². The van der Waals surface area contributed by atoms with Gasteiger partial charge in [0.25, 0.3) is 5.91 Å². The van der Waals surface area contributed by atoms with Gasteiger partial charge in [0.05, 0.1) is 18.9 Å².